The number of Topliss-reactive ketones (excluding diaryl/α,β-unsaturated/α-hetero) is 1. The molecule has 0 aliphatic rings. The maximum atomic E-state index is 11.5. The van der Waals surface area contributed by atoms with Crippen molar-refractivity contribution in [3.05, 3.63) is 29.3 Å². The van der Waals surface area contributed by atoms with E-state index in [-0.39, 0.29) is 11.2 Å². The number of benzene rings is 1. The summed E-state index contributed by atoms with van der Waals surface area (Å²) in [5.41, 5.74) is 3.34. The summed E-state index contributed by atoms with van der Waals surface area (Å²) in [6.07, 6.45) is 0. The average Bonchev–Trinajstić information content (AvgIpc) is 2.29. The van der Waals surface area contributed by atoms with Crippen molar-refractivity contribution in [1.29, 1.82) is 0 Å². The van der Waals surface area contributed by atoms with E-state index in [0.717, 1.165) is 18.7 Å². The summed E-state index contributed by atoms with van der Waals surface area (Å²) in [6, 6.07) is 6.07. The van der Waals surface area contributed by atoms with Gasteiger partial charge in [0.15, 0.2) is 5.78 Å². The van der Waals surface area contributed by atoms with Crippen molar-refractivity contribution in [3.8, 4) is 0 Å². The quantitative estimate of drug-likeness (QED) is 0.749. The second kappa shape index (κ2) is 5.55. The molecule has 0 aliphatic heterocycles. The van der Waals surface area contributed by atoms with Crippen molar-refractivity contribution in [2.45, 2.75) is 47.0 Å². The molecule has 0 N–H and O–H groups in total. The number of hydrogen-bond donors (Lipinski definition) is 0. The van der Waals surface area contributed by atoms with Crippen LogP contribution in [0.3, 0.4) is 0 Å². The Labute approximate surface area is 111 Å². The molecule has 0 radical (unpaired) electrons. The minimum absolute atomic E-state index is 0.0450. The topological polar surface area (TPSA) is 20.3 Å². The highest BCUT2D eigenvalue weighted by atomic mass is 16.1. The van der Waals surface area contributed by atoms with Crippen LogP contribution in [-0.2, 0) is 5.41 Å². The SMILES string of the molecule is CCN(CC)c1ccc(C(C)=O)cc1C(C)(C)C. The molecule has 1 aromatic carbocycles. The lowest BCUT2D eigenvalue weighted by Crippen LogP contribution is -2.26. The fourth-order valence-electron chi connectivity index (χ4n) is 2.20. The summed E-state index contributed by atoms with van der Waals surface area (Å²) in [6.45, 7) is 14.5. The van der Waals surface area contributed by atoms with Crippen LogP contribution in [0.25, 0.3) is 0 Å². The number of carbonyl (C=O) groups is 1. The number of hydrogen-bond acceptors (Lipinski definition) is 2. The van der Waals surface area contributed by atoms with Gasteiger partial charge in [-0.15, -0.1) is 0 Å². The molecular weight excluding hydrogens is 222 g/mol. The summed E-state index contributed by atoms with van der Waals surface area (Å²) < 4.78 is 0. The highest BCUT2D eigenvalue weighted by Gasteiger charge is 2.21. The Hall–Kier alpha value is -1.31. The minimum Gasteiger partial charge on any atom is -0.372 e. The Morgan fingerprint density at radius 3 is 2.11 bits per heavy atom. The predicted molar refractivity (Wildman–Crippen MR) is 78.7 cm³/mol. The fraction of sp³-hybridized carbons (Fsp3) is 0.562. The van der Waals surface area contributed by atoms with E-state index in [1.54, 1.807) is 6.92 Å². The fourth-order valence-corrected chi connectivity index (χ4v) is 2.20. The maximum Gasteiger partial charge on any atom is 0.159 e. The molecule has 18 heavy (non-hydrogen) atoms. The molecule has 0 aliphatic carbocycles. The summed E-state index contributed by atoms with van der Waals surface area (Å²) in [5, 5.41) is 0. The van der Waals surface area contributed by atoms with Gasteiger partial charge >= 0.3 is 0 Å². The molecule has 0 saturated carbocycles. The largest absolute Gasteiger partial charge is 0.372 e. The van der Waals surface area contributed by atoms with E-state index in [0.29, 0.717) is 0 Å². The van der Waals surface area contributed by atoms with Gasteiger partial charge < -0.3 is 4.90 Å². The molecule has 1 rings (SSSR count). The zero-order chi connectivity index (χ0) is 13.9. The lowest BCUT2D eigenvalue weighted by atomic mass is 9.84. The monoisotopic (exact) mass is 247 g/mol. The summed E-state index contributed by atoms with van der Waals surface area (Å²) in [4.78, 5) is 13.9. The molecule has 2 nitrogen and oxygen atoms in total. The van der Waals surface area contributed by atoms with Crippen LogP contribution in [0, 0.1) is 0 Å². The van der Waals surface area contributed by atoms with Gasteiger partial charge in [-0.2, -0.15) is 0 Å². The van der Waals surface area contributed by atoms with Gasteiger partial charge in [0.05, 0.1) is 0 Å². The van der Waals surface area contributed by atoms with Gasteiger partial charge in [0.25, 0.3) is 0 Å². The van der Waals surface area contributed by atoms with Gasteiger partial charge in [0, 0.05) is 24.3 Å². The smallest absolute Gasteiger partial charge is 0.159 e. The van der Waals surface area contributed by atoms with Gasteiger partial charge in [-0.25, -0.2) is 0 Å². The van der Waals surface area contributed by atoms with Crippen molar-refractivity contribution in [3.63, 3.8) is 0 Å². The van der Waals surface area contributed by atoms with Crippen LogP contribution in [0.5, 0.6) is 0 Å². The predicted octanol–water partition coefficient (Wildman–Crippen LogP) is 4.03. The van der Waals surface area contributed by atoms with Crippen molar-refractivity contribution in [1.82, 2.24) is 0 Å². The minimum atomic E-state index is 0.0450. The molecule has 0 heterocycles. The first-order valence-corrected chi connectivity index (χ1v) is 6.71. The van der Waals surface area contributed by atoms with Crippen LogP contribution >= 0.6 is 0 Å². The molecule has 0 fully saturated rings. The zero-order valence-corrected chi connectivity index (χ0v) is 12.5. The number of ketones is 1. The Kier molecular flexibility index (Phi) is 4.55. The third-order valence-electron chi connectivity index (χ3n) is 3.32. The van der Waals surface area contributed by atoms with Gasteiger partial charge in [-0.3, -0.25) is 4.79 Å². The second-order valence-electron chi connectivity index (χ2n) is 5.71. The van der Waals surface area contributed by atoms with E-state index < -0.39 is 0 Å². The van der Waals surface area contributed by atoms with E-state index in [9.17, 15) is 4.79 Å². The molecule has 0 aromatic heterocycles. The maximum absolute atomic E-state index is 11.5. The van der Waals surface area contributed by atoms with Crippen molar-refractivity contribution >= 4 is 11.5 Å². The number of anilines is 1. The van der Waals surface area contributed by atoms with Crippen molar-refractivity contribution in [2.75, 3.05) is 18.0 Å². The normalized spacial score (nSPS) is 11.4. The molecule has 0 atom stereocenters. The van der Waals surface area contributed by atoms with Gasteiger partial charge in [-0.05, 0) is 49.9 Å². The lowest BCUT2D eigenvalue weighted by Gasteiger charge is -2.30. The molecule has 0 bridgehead atoms. The third-order valence-corrected chi connectivity index (χ3v) is 3.32. The van der Waals surface area contributed by atoms with Crippen LogP contribution in [0.1, 0.15) is 57.5 Å². The van der Waals surface area contributed by atoms with Gasteiger partial charge in [0.1, 0.15) is 0 Å². The van der Waals surface area contributed by atoms with E-state index in [1.807, 2.05) is 6.07 Å². The molecule has 2 heteroatoms. The molecule has 0 spiro atoms. The van der Waals surface area contributed by atoms with Gasteiger partial charge in [0.2, 0.25) is 0 Å². The van der Waals surface area contributed by atoms with E-state index >= 15 is 0 Å². The van der Waals surface area contributed by atoms with E-state index in [1.165, 1.54) is 11.3 Å². The lowest BCUT2D eigenvalue weighted by molar-refractivity contribution is 0.101. The molecule has 0 amide bonds. The molecule has 0 unspecified atom stereocenters. The highest BCUT2D eigenvalue weighted by Crippen LogP contribution is 2.33. The first kappa shape index (κ1) is 14.7. The van der Waals surface area contributed by atoms with Crippen LogP contribution < -0.4 is 4.90 Å². The van der Waals surface area contributed by atoms with Crippen LogP contribution in [-0.4, -0.2) is 18.9 Å². The van der Waals surface area contributed by atoms with E-state index in [4.69, 9.17) is 0 Å². The molecular formula is C16H25NO. The summed E-state index contributed by atoms with van der Waals surface area (Å²) in [7, 11) is 0. The average molecular weight is 247 g/mol. The standard InChI is InChI=1S/C16H25NO/c1-7-17(8-2)15-10-9-13(12(3)18)11-14(15)16(4,5)6/h9-11H,7-8H2,1-6H3. The van der Waals surface area contributed by atoms with E-state index in [2.05, 4.69) is 51.7 Å². The van der Waals surface area contributed by atoms with Crippen molar-refractivity contribution in [2.24, 2.45) is 0 Å². The zero-order valence-electron chi connectivity index (χ0n) is 12.5. The van der Waals surface area contributed by atoms with Crippen LogP contribution in [0.4, 0.5) is 5.69 Å². The molecule has 100 valence electrons. The Morgan fingerprint density at radius 1 is 1.17 bits per heavy atom. The summed E-state index contributed by atoms with van der Waals surface area (Å²) >= 11 is 0. The first-order valence-electron chi connectivity index (χ1n) is 6.71. The third kappa shape index (κ3) is 3.12. The van der Waals surface area contributed by atoms with Crippen LogP contribution in [0.2, 0.25) is 0 Å². The second-order valence-corrected chi connectivity index (χ2v) is 5.71. The Balaban J connectivity index is 3.38. The highest BCUT2D eigenvalue weighted by molar-refractivity contribution is 5.94. The van der Waals surface area contributed by atoms with Gasteiger partial charge in [-0.1, -0.05) is 20.8 Å². The Bertz CT molecular complexity index is 425. The first-order chi connectivity index (χ1) is 8.31. The Morgan fingerprint density at radius 2 is 1.72 bits per heavy atom. The van der Waals surface area contributed by atoms with Crippen LogP contribution in [0.15, 0.2) is 18.2 Å². The number of rotatable bonds is 4. The molecule has 0 saturated heterocycles. The summed E-state index contributed by atoms with van der Waals surface area (Å²) in [5.74, 6) is 0.131. The number of carbonyl (C=O) groups excluding carboxylic acids is 1. The van der Waals surface area contributed by atoms with Crippen molar-refractivity contribution < 1.29 is 4.79 Å². The number of nitrogens with zero attached hydrogens (tertiary/aromatic N) is 1. The molecule has 1 aromatic rings.